The molecule has 2 aromatic rings. The highest BCUT2D eigenvalue weighted by Gasteiger charge is 2.21. The van der Waals surface area contributed by atoms with Gasteiger partial charge >= 0.3 is 0 Å². The molecule has 0 unspecified atom stereocenters. The number of halogens is 1. The molecule has 0 aliphatic heterocycles. The number of hydrogen-bond acceptors (Lipinski definition) is 7. The Hall–Kier alpha value is -2.23. The van der Waals surface area contributed by atoms with Crippen LogP contribution in [0.3, 0.4) is 0 Å². The van der Waals surface area contributed by atoms with Crippen molar-refractivity contribution in [2.45, 2.75) is 4.90 Å². The fraction of sp³-hybridized carbons (Fsp3) is 0.267. The zero-order valence-corrected chi connectivity index (χ0v) is 15.5. The summed E-state index contributed by atoms with van der Waals surface area (Å²) in [6, 6.07) is 4.91. The zero-order valence-electron chi connectivity index (χ0n) is 13.9. The maximum atomic E-state index is 11.5. The van der Waals surface area contributed by atoms with Crippen molar-refractivity contribution in [2.24, 2.45) is 0 Å². The molecule has 25 heavy (non-hydrogen) atoms. The van der Waals surface area contributed by atoms with Crippen LogP contribution >= 0.6 is 11.6 Å². The molecular weight excluding hydrogens is 368 g/mol. The molecule has 1 heterocycles. The number of hydrogen-bond donors (Lipinski definition) is 4. The van der Waals surface area contributed by atoms with Gasteiger partial charge in [-0.2, -0.15) is 8.42 Å². The van der Waals surface area contributed by atoms with Gasteiger partial charge in [-0.25, -0.2) is 0 Å². The van der Waals surface area contributed by atoms with E-state index in [0.717, 1.165) is 23.3 Å². The molecule has 0 atom stereocenters. The van der Waals surface area contributed by atoms with Crippen molar-refractivity contribution < 1.29 is 17.7 Å². The van der Waals surface area contributed by atoms with Gasteiger partial charge in [0.15, 0.2) is 11.0 Å². The van der Waals surface area contributed by atoms with Crippen LogP contribution in [0, 0.1) is 0 Å². The molecule has 0 saturated heterocycles. The molecule has 1 aromatic carbocycles. The number of benzene rings is 1. The second kappa shape index (κ2) is 7.77. The molecular formula is C15H19ClN4O4S. The summed E-state index contributed by atoms with van der Waals surface area (Å²) in [5.74, 6) is -0.0794. The third-order valence-electron chi connectivity index (χ3n) is 3.54. The number of ether oxygens (including phenoxy) is 1. The third-order valence-corrected chi connectivity index (χ3v) is 4.51. The van der Waals surface area contributed by atoms with Crippen molar-refractivity contribution in [1.29, 1.82) is 0 Å². The van der Waals surface area contributed by atoms with Crippen LogP contribution in [-0.2, 0) is 10.1 Å². The van der Waals surface area contributed by atoms with Crippen molar-refractivity contribution in [3.05, 3.63) is 24.4 Å². The first-order valence-corrected chi connectivity index (χ1v) is 9.21. The lowest BCUT2D eigenvalue weighted by molar-refractivity contribution is 0.373. The maximum absolute atomic E-state index is 11.5. The number of nitrogens with zero attached hydrogens (tertiary/aromatic N) is 1. The molecule has 0 aliphatic carbocycles. The van der Waals surface area contributed by atoms with Gasteiger partial charge in [0.2, 0.25) is 0 Å². The van der Waals surface area contributed by atoms with Gasteiger partial charge < -0.3 is 20.7 Å². The number of alkyl halides is 1. The number of aromatic nitrogens is 1. The summed E-state index contributed by atoms with van der Waals surface area (Å²) < 4.78 is 37.4. The molecule has 10 heteroatoms. The average Bonchev–Trinajstić information content (AvgIpc) is 2.59. The highest BCUT2D eigenvalue weighted by atomic mass is 35.5. The first-order chi connectivity index (χ1) is 11.8. The summed E-state index contributed by atoms with van der Waals surface area (Å²) in [4.78, 5) is 3.72. The normalized spacial score (nSPS) is 11.1. The highest BCUT2D eigenvalue weighted by Crippen LogP contribution is 2.39. The zero-order chi connectivity index (χ0) is 18.6. The maximum Gasteiger partial charge on any atom is 0.299 e. The average molecular weight is 387 g/mol. The molecule has 4 N–H and O–H groups in total. The molecule has 0 aliphatic rings. The third kappa shape index (κ3) is 4.06. The van der Waals surface area contributed by atoms with Crippen molar-refractivity contribution in [3.63, 3.8) is 0 Å². The van der Waals surface area contributed by atoms with Crippen LogP contribution in [0.2, 0.25) is 0 Å². The van der Waals surface area contributed by atoms with E-state index in [1.165, 1.54) is 6.07 Å². The van der Waals surface area contributed by atoms with Crippen molar-refractivity contribution >= 4 is 38.8 Å². The Morgan fingerprint density at radius 2 is 1.72 bits per heavy atom. The van der Waals surface area contributed by atoms with Crippen LogP contribution < -0.4 is 20.7 Å². The van der Waals surface area contributed by atoms with E-state index in [2.05, 4.69) is 20.9 Å². The smallest absolute Gasteiger partial charge is 0.299 e. The standard InChI is InChI=1S/C15H19ClN4O4S/c1-17-9-4-10(18-2)15(11(5-9)19-3)12-6-13(24-8-16)14(7-20-12)25(21,22)23/h4-7,17-19H,8H2,1-3H3,(H,21,22,23). The van der Waals surface area contributed by atoms with Gasteiger partial charge in [0, 0.05) is 49.8 Å². The number of rotatable bonds is 7. The topological polar surface area (TPSA) is 113 Å². The van der Waals surface area contributed by atoms with E-state index in [-0.39, 0.29) is 11.8 Å². The summed E-state index contributed by atoms with van der Waals surface area (Å²) in [6.45, 7) is 0. The van der Waals surface area contributed by atoms with Crippen molar-refractivity contribution in [1.82, 2.24) is 4.98 Å². The van der Waals surface area contributed by atoms with E-state index < -0.39 is 15.0 Å². The summed E-state index contributed by atoms with van der Waals surface area (Å²) in [6.07, 6.45) is 1.04. The fourth-order valence-electron chi connectivity index (χ4n) is 2.38. The SMILES string of the molecule is CNc1cc(NC)c(-c2cc(OCCl)c(S(=O)(=O)O)cn2)c(NC)c1. The van der Waals surface area contributed by atoms with Crippen molar-refractivity contribution in [3.8, 4) is 17.0 Å². The molecule has 0 saturated carbocycles. The second-order valence-corrected chi connectivity index (χ2v) is 6.55. The van der Waals surface area contributed by atoms with Crippen LogP contribution in [0.1, 0.15) is 0 Å². The lowest BCUT2D eigenvalue weighted by atomic mass is 10.0. The molecule has 136 valence electrons. The number of anilines is 3. The monoisotopic (exact) mass is 386 g/mol. The van der Waals surface area contributed by atoms with Gasteiger partial charge in [-0.05, 0) is 12.1 Å². The summed E-state index contributed by atoms with van der Waals surface area (Å²) >= 11 is 5.56. The Kier molecular flexibility index (Phi) is 5.93. The van der Waals surface area contributed by atoms with E-state index in [0.29, 0.717) is 11.3 Å². The van der Waals surface area contributed by atoms with Crippen LogP contribution in [-0.4, -0.2) is 45.2 Å². The first-order valence-electron chi connectivity index (χ1n) is 7.23. The summed E-state index contributed by atoms with van der Waals surface area (Å²) in [7, 11) is 0.850. The molecule has 8 nitrogen and oxygen atoms in total. The first kappa shape index (κ1) is 19.1. The van der Waals surface area contributed by atoms with E-state index >= 15 is 0 Å². The van der Waals surface area contributed by atoms with Gasteiger partial charge in [-0.3, -0.25) is 9.54 Å². The molecule has 1 aromatic heterocycles. The van der Waals surface area contributed by atoms with Crippen LogP contribution in [0.15, 0.2) is 29.3 Å². The molecule has 0 bridgehead atoms. The predicted octanol–water partition coefficient (Wildman–Crippen LogP) is 2.70. The largest absolute Gasteiger partial charge is 0.476 e. The lowest BCUT2D eigenvalue weighted by Gasteiger charge is -2.17. The van der Waals surface area contributed by atoms with Gasteiger partial charge in [-0.1, -0.05) is 11.6 Å². The quantitative estimate of drug-likeness (QED) is 0.424. The lowest BCUT2D eigenvalue weighted by Crippen LogP contribution is -2.06. The Balaban J connectivity index is 2.72. The van der Waals surface area contributed by atoms with E-state index in [1.807, 2.05) is 12.1 Å². The second-order valence-electron chi connectivity index (χ2n) is 4.94. The Labute approximate surface area is 151 Å². The minimum atomic E-state index is -4.48. The van der Waals surface area contributed by atoms with E-state index in [4.69, 9.17) is 16.3 Å². The van der Waals surface area contributed by atoms with Crippen LogP contribution in [0.4, 0.5) is 17.1 Å². The molecule has 0 radical (unpaired) electrons. The van der Waals surface area contributed by atoms with E-state index in [1.54, 1.807) is 21.1 Å². The van der Waals surface area contributed by atoms with Crippen LogP contribution in [0.25, 0.3) is 11.3 Å². The molecule has 2 rings (SSSR count). The minimum absolute atomic E-state index is 0.0794. The number of nitrogens with one attached hydrogen (secondary N) is 3. The summed E-state index contributed by atoms with van der Waals surface area (Å²) in [5, 5.41) is 9.23. The van der Waals surface area contributed by atoms with Gasteiger partial charge in [0.1, 0.15) is 5.75 Å². The fourth-order valence-corrected chi connectivity index (χ4v) is 3.06. The highest BCUT2D eigenvalue weighted by molar-refractivity contribution is 7.86. The van der Waals surface area contributed by atoms with E-state index in [9.17, 15) is 13.0 Å². The van der Waals surface area contributed by atoms with Gasteiger partial charge in [0.05, 0.1) is 11.9 Å². The molecule has 0 spiro atoms. The molecule has 0 amide bonds. The Bertz CT molecular complexity index is 849. The predicted molar refractivity (Wildman–Crippen MR) is 99.5 cm³/mol. The van der Waals surface area contributed by atoms with Crippen molar-refractivity contribution in [2.75, 3.05) is 43.2 Å². The summed E-state index contributed by atoms with van der Waals surface area (Å²) in [5.41, 5.74) is 3.57. The minimum Gasteiger partial charge on any atom is -0.476 e. The van der Waals surface area contributed by atoms with Crippen LogP contribution in [0.5, 0.6) is 5.75 Å². The van der Waals surface area contributed by atoms with Gasteiger partial charge in [0.25, 0.3) is 10.1 Å². The number of pyridine rings is 1. The van der Waals surface area contributed by atoms with Gasteiger partial charge in [-0.15, -0.1) is 0 Å². The molecule has 0 fully saturated rings. The Morgan fingerprint density at radius 1 is 1.12 bits per heavy atom. The Morgan fingerprint density at radius 3 is 2.16 bits per heavy atom.